The van der Waals surface area contributed by atoms with E-state index in [4.69, 9.17) is 9.72 Å². The molecule has 0 unspecified atom stereocenters. The zero-order chi connectivity index (χ0) is 16.5. The van der Waals surface area contributed by atoms with E-state index in [9.17, 15) is 4.79 Å². The lowest BCUT2D eigenvalue weighted by molar-refractivity contribution is -0.119. The quantitative estimate of drug-likeness (QED) is 0.916. The number of carbonyl (C=O) groups excluding carboxylic acids is 1. The summed E-state index contributed by atoms with van der Waals surface area (Å²) in [5.41, 5.74) is 4.73. The Hall–Kier alpha value is -2.27. The first-order valence-corrected chi connectivity index (χ1v) is 8.51. The van der Waals surface area contributed by atoms with Gasteiger partial charge in [0.2, 0.25) is 0 Å². The van der Waals surface area contributed by atoms with E-state index in [1.54, 1.807) is 13.3 Å². The van der Waals surface area contributed by atoms with E-state index in [0.717, 1.165) is 54.6 Å². The molecule has 0 radical (unpaired) electrons. The number of ketones is 1. The minimum absolute atomic E-state index is 0.246. The Labute approximate surface area is 141 Å². The summed E-state index contributed by atoms with van der Waals surface area (Å²) in [6, 6.07) is 4.00. The summed E-state index contributed by atoms with van der Waals surface area (Å²) in [6.45, 7) is 1.85. The smallest absolute Gasteiger partial charge is 0.146 e. The molecule has 24 heavy (non-hydrogen) atoms. The van der Waals surface area contributed by atoms with Crippen LogP contribution in [0.4, 0.5) is 0 Å². The maximum atomic E-state index is 12.1. The third-order valence-electron chi connectivity index (χ3n) is 4.73. The lowest BCUT2D eigenvalue weighted by Crippen LogP contribution is -2.20. The number of hydrogen-bond donors (Lipinski definition) is 1. The van der Waals surface area contributed by atoms with Gasteiger partial charge in [0.1, 0.15) is 17.0 Å². The molecule has 1 aliphatic carbocycles. The third-order valence-corrected chi connectivity index (χ3v) is 4.73. The zero-order valence-corrected chi connectivity index (χ0v) is 13.8. The Morgan fingerprint density at radius 3 is 2.92 bits per heavy atom. The molecule has 1 aromatic heterocycles. The van der Waals surface area contributed by atoms with Crippen molar-refractivity contribution in [2.45, 2.75) is 25.7 Å². The minimum atomic E-state index is 0.246. The molecule has 1 N–H and O–H groups in total. The van der Waals surface area contributed by atoms with Crippen molar-refractivity contribution >= 4 is 22.4 Å². The van der Waals surface area contributed by atoms with Gasteiger partial charge in [0.05, 0.1) is 24.7 Å². The fourth-order valence-corrected chi connectivity index (χ4v) is 3.22. The van der Waals surface area contributed by atoms with Crippen LogP contribution in [0.25, 0.3) is 16.6 Å². The Balaban J connectivity index is 1.76. The highest BCUT2D eigenvalue weighted by Gasteiger charge is 2.29. The first kappa shape index (κ1) is 15.3. The van der Waals surface area contributed by atoms with Crippen LogP contribution in [0.2, 0.25) is 0 Å². The second-order valence-corrected chi connectivity index (χ2v) is 6.47. The van der Waals surface area contributed by atoms with Gasteiger partial charge in [-0.05, 0) is 43.5 Å². The van der Waals surface area contributed by atoms with Gasteiger partial charge >= 0.3 is 0 Å². The van der Waals surface area contributed by atoms with Crippen LogP contribution in [-0.4, -0.2) is 36.0 Å². The lowest BCUT2D eigenvalue weighted by Gasteiger charge is -2.16. The first-order valence-electron chi connectivity index (χ1n) is 8.51. The molecule has 2 aromatic rings. The van der Waals surface area contributed by atoms with Gasteiger partial charge in [0.15, 0.2) is 0 Å². The van der Waals surface area contributed by atoms with Gasteiger partial charge < -0.3 is 10.1 Å². The van der Waals surface area contributed by atoms with Crippen LogP contribution in [0.15, 0.2) is 24.4 Å². The molecular weight excluding hydrogens is 302 g/mol. The van der Waals surface area contributed by atoms with E-state index in [2.05, 4.69) is 22.4 Å². The molecule has 0 saturated heterocycles. The first-order chi connectivity index (χ1) is 11.8. The molecule has 1 aromatic carbocycles. The van der Waals surface area contributed by atoms with Gasteiger partial charge in [-0.1, -0.05) is 6.08 Å². The molecule has 4 rings (SSSR count). The summed E-state index contributed by atoms with van der Waals surface area (Å²) in [4.78, 5) is 21.4. The second kappa shape index (κ2) is 6.32. The number of methoxy groups -OCH3 is 1. The highest BCUT2D eigenvalue weighted by Crippen LogP contribution is 2.33. The van der Waals surface area contributed by atoms with Gasteiger partial charge in [-0.2, -0.15) is 0 Å². The largest absolute Gasteiger partial charge is 0.494 e. The van der Waals surface area contributed by atoms with Gasteiger partial charge in [0, 0.05) is 24.2 Å². The van der Waals surface area contributed by atoms with E-state index in [1.165, 1.54) is 5.57 Å². The van der Waals surface area contributed by atoms with Crippen LogP contribution in [0.5, 0.6) is 5.75 Å². The van der Waals surface area contributed by atoms with Gasteiger partial charge in [0.25, 0.3) is 0 Å². The van der Waals surface area contributed by atoms with Crippen molar-refractivity contribution in [1.29, 1.82) is 0 Å². The molecule has 1 aliphatic heterocycles. The van der Waals surface area contributed by atoms with Crippen molar-refractivity contribution in [3.05, 3.63) is 35.7 Å². The number of hydrogen-bond acceptors (Lipinski definition) is 5. The maximum absolute atomic E-state index is 12.1. The van der Waals surface area contributed by atoms with Crippen LogP contribution >= 0.6 is 0 Å². The van der Waals surface area contributed by atoms with Crippen LogP contribution in [0, 0.1) is 5.92 Å². The monoisotopic (exact) mass is 323 g/mol. The predicted molar refractivity (Wildman–Crippen MR) is 93.0 cm³/mol. The molecule has 1 fully saturated rings. The second-order valence-electron chi connectivity index (χ2n) is 6.47. The maximum Gasteiger partial charge on any atom is 0.146 e. The van der Waals surface area contributed by atoms with Crippen molar-refractivity contribution in [3.63, 3.8) is 0 Å². The van der Waals surface area contributed by atoms with Crippen molar-refractivity contribution < 1.29 is 9.53 Å². The molecule has 0 spiro atoms. The van der Waals surface area contributed by atoms with E-state index < -0.39 is 0 Å². The molecule has 0 atom stereocenters. The van der Waals surface area contributed by atoms with E-state index in [1.807, 2.05) is 6.07 Å². The van der Waals surface area contributed by atoms with Crippen molar-refractivity contribution in [1.82, 2.24) is 15.3 Å². The van der Waals surface area contributed by atoms with Crippen LogP contribution in [0.3, 0.4) is 0 Å². The highest BCUT2D eigenvalue weighted by molar-refractivity contribution is 5.93. The summed E-state index contributed by atoms with van der Waals surface area (Å²) in [5, 5.41) is 3.33. The Morgan fingerprint density at radius 2 is 2.21 bits per heavy atom. The van der Waals surface area contributed by atoms with Crippen LogP contribution in [0.1, 0.15) is 30.5 Å². The molecule has 0 bridgehead atoms. The Kier molecular flexibility index (Phi) is 4.02. The number of fused-ring (bicyclic) bond motifs is 1. The standard InChI is InChI=1S/C19H21N3O2/c1-24-17-5-4-15(12-6-8-20-9-7-12)18-19(17)22-14(11-21-18)10-16(23)13-2-3-13/h4-6,11,13,20H,2-3,7-10H2,1H3. The third kappa shape index (κ3) is 2.91. The number of carbonyl (C=O) groups is 1. The lowest BCUT2D eigenvalue weighted by atomic mass is 9.98. The number of ether oxygens (including phenoxy) is 1. The fourth-order valence-electron chi connectivity index (χ4n) is 3.22. The topological polar surface area (TPSA) is 64.1 Å². The van der Waals surface area contributed by atoms with Crippen LogP contribution in [-0.2, 0) is 11.2 Å². The van der Waals surface area contributed by atoms with Crippen molar-refractivity contribution in [3.8, 4) is 5.75 Å². The van der Waals surface area contributed by atoms with Crippen LogP contribution < -0.4 is 10.1 Å². The highest BCUT2D eigenvalue weighted by atomic mass is 16.5. The van der Waals surface area contributed by atoms with Gasteiger partial charge in [-0.3, -0.25) is 9.78 Å². The molecular formula is C19H21N3O2. The average molecular weight is 323 g/mol. The average Bonchev–Trinajstić information content (AvgIpc) is 3.46. The number of Topliss-reactive ketones (excluding diaryl/α,β-unsaturated/α-hetero) is 1. The summed E-state index contributed by atoms with van der Waals surface area (Å²) >= 11 is 0. The Bertz CT molecular complexity index is 825. The predicted octanol–water partition coefficient (Wildman–Crippen LogP) is 2.54. The van der Waals surface area contributed by atoms with Gasteiger partial charge in [-0.15, -0.1) is 0 Å². The summed E-state index contributed by atoms with van der Waals surface area (Å²) in [5.74, 6) is 1.23. The number of rotatable bonds is 5. The van der Waals surface area contributed by atoms with E-state index >= 15 is 0 Å². The normalized spacial score (nSPS) is 17.6. The molecule has 5 heteroatoms. The van der Waals surface area contributed by atoms with Crippen molar-refractivity contribution in [2.75, 3.05) is 20.2 Å². The molecule has 0 amide bonds. The number of nitrogens with one attached hydrogen (secondary N) is 1. The van der Waals surface area contributed by atoms with Crippen molar-refractivity contribution in [2.24, 2.45) is 5.92 Å². The molecule has 124 valence electrons. The number of aromatic nitrogens is 2. The number of benzene rings is 1. The molecule has 2 aliphatic rings. The summed E-state index contributed by atoms with van der Waals surface area (Å²) in [7, 11) is 1.64. The molecule has 2 heterocycles. The molecule has 5 nitrogen and oxygen atoms in total. The zero-order valence-electron chi connectivity index (χ0n) is 13.8. The SMILES string of the molecule is COc1ccc(C2=CCNCC2)c2ncc(CC(=O)C3CC3)nc12. The summed E-state index contributed by atoms with van der Waals surface area (Å²) in [6.07, 6.45) is 7.34. The number of nitrogens with zero attached hydrogens (tertiary/aromatic N) is 2. The fraction of sp³-hybridized carbons (Fsp3) is 0.421. The van der Waals surface area contributed by atoms with E-state index in [0.29, 0.717) is 12.2 Å². The minimum Gasteiger partial charge on any atom is -0.494 e. The Morgan fingerprint density at radius 1 is 1.33 bits per heavy atom. The summed E-state index contributed by atoms with van der Waals surface area (Å²) < 4.78 is 5.47. The van der Waals surface area contributed by atoms with E-state index in [-0.39, 0.29) is 11.7 Å². The molecule has 1 saturated carbocycles. The van der Waals surface area contributed by atoms with Gasteiger partial charge in [-0.25, -0.2) is 4.98 Å².